The van der Waals surface area contributed by atoms with Gasteiger partial charge in [0.25, 0.3) is 0 Å². The largest absolute Gasteiger partial charge is 0.495 e. The molecule has 0 aliphatic carbocycles. The highest BCUT2D eigenvalue weighted by Gasteiger charge is 2.21. The van der Waals surface area contributed by atoms with E-state index in [-0.39, 0.29) is 10.6 Å². The zero-order valence-electron chi connectivity index (χ0n) is 10.5. The SMILES string of the molecule is COc1cc(Cl)c(C(N)c2c(F)cccc2Cl)cc1Cl. The molecule has 0 saturated carbocycles. The molecule has 2 N–H and O–H groups in total. The summed E-state index contributed by atoms with van der Waals surface area (Å²) >= 11 is 18.2. The average molecular weight is 335 g/mol. The van der Waals surface area contributed by atoms with Crippen molar-refractivity contribution in [3.8, 4) is 5.75 Å². The number of hydrogen-bond donors (Lipinski definition) is 1. The van der Waals surface area contributed by atoms with Gasteiger partial charge in [-0.1, -0.05) is 40.9 Å². The molecule has 2 nitrogen and oxygen atoms in total. The first-order valence-electron chi connectivity index (χ1n) is 5.68. The molecule has 2 aromatic carbocycles. The highest BCUT2D eigenvalue weighted by molar-refractivity contribution is 6.35. The van der Waals surface area contributed by atoms with Crippen molar-refractivity contribution in [2.24, 2.45) is 5.73 Å². The maximum atomic E-state index is 13.9. The lowest BCUT2D eigenvalue weighted by Gasteiger charge is -2.17. The number of halogens is 4. The molecule has 0 amide bonds. The summed E-state index contributed by atoms with van der Waals surface area (Å²) in [5.74, 6) is -0.0692. The summed E-state index contributed by atoms with van der Waals surface area (Å²) in [7, 11) is 1.48. The Balaban J connectivity index is 2.54. The van der Waals surface area contributed by atoms with E-state index >= 15 is 0 Å². The molecule has 1 atom stereocenters. The van der Waals surface area contributed by atoms with Crippen LogP contribution in [0.1, 0.15) is 17.2 Å². The smallest absolute Gasteiger partial charge is 0.138 e. The summed E-state index contributed by atoms with van der Waals surface area (Å²) < 4.78 is 19.0. The van der Waals surface area contributed by atoms with Gasteiger partial charge in [0.2, 0.25) is 0 Å². The van der Waals surface area contributed by atoms with Crippen LogP contribution in [-0.4, -0.2) is 7.11 Å². The third-order valence-electron chi connectivity index (χ3n) is 2.92. The third kappa shape index (κ3) is 2.86. The van der Waals surface area contributed by atoms with E-state index in [1.165, 1.54) is 25.3 Å². The van der Waals surface area contributed by atoms with Crippen molar-refractivity contribution in [2.45, 2.75) is 6.04 Å². The normalized spacial score (nSPS) is 12.3. The molecule has 2 aromatic rings. The first kappa shape index (κ1) is 15.4. The van der Waals surface area contributed by atoms with Crippen LogP contribution in [0.3, 0.4) is 0 Å². The van der Waals surface area contributed by atoms with Crippen LogP contribution in [0.5, 0.6) is 5.75 Å². The van der Waals surface area contributed by atoms with Crippen molar-refractivity contribution in [3.63, 3.8) is 0 Å². The molecule has 0 saturated heterocycles. The van der Waals surface area contributed by atoms with E-state index in [1.807, 2.05) is 0 Å². The summed E-state index contributed by atoms with van der Waals surface area (Å²) in [6.07, 6.45) is 0. The van der Waals surface area contributed by atoms with Gasteiger partial charge in [0, 0.05) is 21.7 Å². The van der Waals surface area contributed by atoms with Gasteiger partial charge in [0.15, 0.2) is 0 Å². The van der Waals surface area contributed by atoms with Crippen LogP contribution in [0.25, 0.3) is 0 Å². The van der Waals surface area contributed by atoms with Crippen LogP contribution in [0.4, 0.5) is 4.39 Å². The maximum absolute atomic E-state index is 13.9. The topological polar surface area (TPSA) is 35.2 Å². The molecule has 2 rings (SSSR count). The zero-order chi connectivity index (χ0) is 14.9. The molecule has 0 aromatic heterocycles. The fourth-order valence-corrected chi connectivity index (χ4v) is 2.70. The van der Waals surface area contributed by atoms with Gasteiger partial charge in [0.1, 0.15) is 11.6 Å². The molecular weight excluding hydrogens is 324 g/mol. The van der Waals surface area contributed by atoms with Crippen molar-refractivity contribution in [1.82, 2.24) is 0 Å². The van der Waals surface area contributed by atoms with Crippen molar-refractivity contribution >= 4 is 34.8 Å². The number of methoxy groups -OCH3 is 1. The molecule has 20 heavy (non-hydrogen) atoms. The molecule has 6 heteroatoms. The van der Waals surface area contributed by atoms with Gasteiger partial charge >= 0.3 is 0 Å². The van der Waals surface area contributed by atoms with E-state index in [9.17, 15) is 4.39 Å². The predicted octanol–water partition coefficient (Wildman–Crippen LogP) is 4.84. The molecule has 0 aliphatic heterocycles. The number of hydrogen-bond acceptors (Lipinski definition) is 2. The number of nitrogens with two attached hydrogens (primary N) is 1. The minimum Gasteiger partial charge on any atom is -0.495 e. The molecule has 0 aliphatic rings. The first-order chi connectivity index (χ1) is 9.45. The summed E-state index contributed by atoms with van der Waals surface area (Å²) in [4.78, 5) is 0. The van der Waals surface area contributed by atoms with Gasteiger partial charge in [0.05, 0.1) is 18.2 Å². The summed E-state index contributed by atoms with van der Waals surface area (Å²) in [5, 5.41) is 0.911. The van der Waals surface area contributed by atoms with E-state index in [0.717, 1.165) is 0 Å². The van der Waals surface area contributed by atoms with Crippen molar-refractivity contribution in [1.29, 1.82) is 0 Å². The van der Waals surface area contributed by atoms with Gasteiger partial charge in [-0.2, -0.15) is 0 Å². The molecule has 0 spiro atoms. The lowest BCUT2D eigenvalue weighted by Crippen LogP contribution is -2.15. The lowest BCUT2D eigenvalue weighted by molar-refractivity contribution is 0.415. The van der Waals surface area contributed by atoms with Crippen molar-refractivity contribution < 1.29 is 9.13 Å². The summed E-state index contributed by atoms with van der Waals surface area (Å²) in [6, 6.07) is 6.64. The Bertz CT molecular complexity index is 628. The summed E-state index contributed by atoms with van der Waals surface area (Å²) in [6.45, 7) is 0. The Morgan fingerprint density at radius 3 is 2.40 bits per heavy atom. The predicted molar refractivity (Wildman–Crippen MR) is 80.5 cm³/mol. The van der Waals surface area contributed by atoms with Gasteiger partial charge < -0.3 is 10.5 Å². The Labute approximate surface area is 131 Å². The molecule has 0 bridgehead atoms. The Morgan fingerprint density at radius 2 is 1.80 bits per heavy atom. The maximum Gasteiger partial charge on any atom is 0.138 e. The van der Waals surface area contributed by atoms with Gasteiger partial charge in [-0.05, 0) is 23.8 Å². The molecule has 0 fully saturated rings. The fraction of sp³-hybridized carbons (Fsp3) is 0.143. The number of rotatable bonds is 3. The lowest BCUT2D eigenvalue weighted by atomic mass is 9.98. The zero-order valence-corrected chi connectivity index (χ0v) is 12.7. The standard InChI is InChI=1S/C14H11Cl3FNO/c1-20-12-6-9(16)7(5-10(12)17)14(19)13-8(15)3-2-4-11(13)18/h2-6,14H,19H2,1H3. The Morgan fingerprint density at radius 1 is 1.10 bits per heavy atom. The fourth-order valence-electron chi connectivity index (χ4n) is 1.90. The molecular formula is C14H11Cl3FNO. The van der Waals surface area contributed by atoms with Crippen LogP contribution in [0, 0.1) is 5.82 Å². The van der Waals surface area contributed by atoms with Crippen LogP contribution in [0.2, 0.25) is 15.1 Å². The van der Waals surface area contributed by atoms with Gasteiger partial charge in [-0.3, -0.25) is 0 Å². The van der Waals surface area contributed by atoms with E-state index in [1.54, 1.807) is 12.1 Å². The molecule has 106 valence electrons. The second-order valence-electron chi connectivity index (χ2n) is 4.12. The van der Waals surface area contributed by atoms with E-state index in [4.69, 9.17) is 45.3 Å². The Kier molecular flexibility index (Phi) is 4.76. The van der Waals surface area contributed by atoms with Crippen LogP contribution in [0.15, 0.2) is 30.3 Å². The first-order valence-corrected chi connectivity index (χ1v) is 6.81. The van der Waals surface area contributed by atoms with E-state index in [0.29, 0.717) is 21.4 Å². The Hall–Kier alpha value is -1.000. The summed E-state index contributed by atoms with van der Waals surface area (Å²) in [5.41, 5.74) is 6.73. The van der Waals surface area contributed by atoms with E-state index in [2.05, 4.69) is 0 Å². The van der Waals surface area contributed by atoms with Crippen LogP contribution in [-0.2, 0) is 0 Å². The average Bonchev–Trinajstić information content (AvgIpc) is 2.40. The van der Waals surface area contributed by atoms with Crippen molar-refractivity contribution in [3.05, 3.63) is 62.3 Å². The highest BCUT2D eigenvalue weighted by atomic mass is 35.5. The van der Waals surface area contributed by atoms with Crippen LogP contribution < -0.4 is 10.5 Å². The quantitative estimate of drug-likeness (QED) is 0.871. The van der Waals surface area contributed by atoms with Gasteiger partial charge in [-0.15, -0.1) is 0 Å². The molecule has 0 radical (unpaired) electrons. The van der Waals surface area contributed by atoms with Crippen LogP contribution >= 0.6 is 34.8 Å². The highest BCUT2D eigenvalue weighted by Crippen LogP contribution is 2.37. The molecule has 0 heterocycles. The van der Waals surface area contributed by atoms with Gasteiger partial charge in [-0.25, -0.2) is 4.39 Å². The van der Waals surface area contributed by atoms with Crippen molar-refractivity contribution in [2.75, 3.05) is 7.11 Å². The number of benzene rings is 2. The second kappa shape index (κ2) is 6.19. The minimum atomic E-state index is -0.820. The molecule has 1 unspecified atom stereocenters. The number of ether oxygens (including phenoxy) is 1. The third-order valence-corrected chi connectivity index (χ3v) is 3.87. The monoisotopic (exact) mass is 333 g/mol. The second-order valence-corrected chi connectivity index (χ2v) is 5.34. The van der Waals surface area contributed by atoms with E-state index < -0.39 is 11.9 Å². The minimum absolute atomic E-state index is 0.178.